The van der Waals surface area contributed by atoms with E-state index in [2.05, 4.69) is 36.5 Å². The lowest BCUT2D eigenvalue weighted by Gasteiger charge is -2.25. The Kier molecular flexibility index (Phi) is 6.95. The molecule has 3 aromatic rings. The van der Waals surface area contributed by atoms with E-state index in [1.54, 1.807) is 23.7 Å². The smallest absolute Gasteiger partial charge is 0.261 e. The highest BCUT2D eigenvalue weighted by atomic mass is 16.1. The Balaban J connectivity index is 0.00000132. The topological polar surface area (TPSA) is 80.4 Å². The molecular formula is C24H33N5O2. The van der Waals surface area contributed by atoms with Crippen molar-refractivity contribution in [3.63, 3.8) is 0 Å². The molecule has 1 atom stereocenters. The molecule has 2 aromatic heterocycles. The van der Waals surface area contributed by atoms with E-state index in [4.69, 9.17) is 0 Å². The van der Waals surface area contributed by atoms with Gasteiger partial charge in [-0.25, -0.2) is 4.52 Å². The summed E-state index contributed by atoms with van der Waals surface area (Å²) in [6, 6.07) is 7.39. The van der Waals surface area contributed by atoms with E-state index >= 15 is 0 Å². The van der Waals surface area contributed by atoms with E-state index in [-0.39, 0.29) is 17.5 Å². The zero-order chi connectivity index (χ0) is 22.7. The van der Waals surface area contributed by atoms with Crippen LogP contribution in [0.5, 0.6) is 0 Å². The van der Waals surface area contributed by atoms with E-state index in [9.17, 15) is 9.59 Å². The number of nitrogens with zero attached hydrogens (tertiary/aromatic N) is 3. The second kappa shape index (κ2) is 9.47. The highest BCUT2D eigenvalue weighted by Crippen LogP contribution is 2.23. The molecule has 31 heavy (non-hydrogen) atoms. The molecule has 1 aliphatic heterocycles. The number of fused-ring (bicyclic) bond motifs is 3. The van der Waals surface area contributed by atoms with E-state index < -0.39 is 0 Å². The molecule has 0 aliphatic carbocycles. The van der Waals surface area contributed by atoms with E-state index in [0.29, 0.717) is 24.4 Å². The molecule has 1 amide bonds. The molecule has 1 aromatic carbocycles. The third kappa shape index (κ3) is 4.28. The van der Waals surface area contributed by atoms with Gasteiger partial charge in [0, 0.05) is 36.3 Å². The van der Waals surface area contributed by atoms with Gasteiger partial charge in [0.1, 0.15) is 5.65 Å². The van der Waals surface area contributed by atoms with Gasteiger partial charge in [0.05, 0.1) is 17.6 Å². The SMILES string of the molecule is CC.CNC(=O)c1ccc(-n2c(=O)c3c(n4ncc(CC(C)C)c24)CNC(C)C3)cc1. The van der Waals surface area contributed by atoms with Gasteiger partial charge in [0.25, 0.3) is 11.5 Å². The van der Waals surface area contributed by atoms with Crippen molar-refractivity contribution in [2.45, 2.75) is 60.0 Å². The van der Waals surface area contributed by atoms with E-state index in [1.807, 2.05) is 36.7 Å². The maximum Gasteiger partial charge on any atom is 0.261 e. The van der Waals surface area contributed by atoms with E-state index in [1.165, 1.54) is 0 Å². The van der Waals surface area contributed by atoms with Gasteiger partial charge in [0.15, 0.2) is 0 Å². The Bertz CT molecular complexity index is 1130. The van der Waals surface area contributed by atoms with Gasteiger partial charge in [-0.1, -0.05) is 27.7 Å². The summed E-state index contributed by atoms with van der Waals surface area (Å²) in [5, 5.41) is 10.7. The van der Waals surface area contributed by atoms with E-state index in [0.717, 1.165) is 34.6 Å². The minimum atomic E-state index is -0.149. The molecule has 1 aliphatic rings. The Morgan fingerprint density at radius 2 is 1.94 bits per heavy atom. The average molecular weight is 424 g/mol. The van der Waals surface area contributed by atoms with Crippen LogP contribution in [0.15, 0.2) is 35.3 Å². The van der Waals surface area contributed by atoms with Crippen molar-refractivity contribution in [1.82, 2.24) is 24.8 Å². The molecular weight excluding hydrogens is 390 g/mol. The monoisotopic (exact) mass is 423 g/mol. The van der Waals surface area contributed by atoms with Crippen LogP contribution in [0.4, 0.5) is 0 Å². The Hall–Kier alpha value is -2.93. The van der Waals surface area contributed by atoms with Crippen LogP contribution in [0.2, 0.25) is 0 Å². The highest BCUT2D eigenvalue weighted by Gasteiger charge is 2.25. The first kappa shape index (κ1) is 22.7. The Morgan fingerprint density at radius 3 is 2.55 bits per heavy atom. The number of hydrogen-bond acceptors (Lipinski definition) is 4. The first-order chi connectivity index (χ1) is 14.9. The number of nitrogens with one attached hydrogen (secondary N) is 2. The quantitative estimate of drug-likeness (QED) is 0.676. The average Bonchev–Trinajstić information content (AvgIpc) is 3.18. The minimum Gasteiger partial charge on any atom is -0.355 e. The molecule has 4 rings (SSSR count). The maximum atomic E-state index is 13.6. The normalized spacial score (nSPS) is 15.4. The van der Waals surface area contributed by atoms with Crippen LogP contribution in [-0.2, 0) is 19.4 Å². The van der Waals surface area contributed by atoms with Crippen LogP contribution in [0, 0.1) is 5.92 Å². The molecule has 166 valence electrons. The molecule has 1 unspecified atom stereocenters. The van der Waals surface area contributed by atoms with Crippen molar-refractivity contribution in [3.05, 3.63) is 63.2 Å². The molecule has 0 spiro atoms. The molecule has 7 nitrogen and oxygen atoms in total. The molecule has 3 heterocycles. The van der Waals surface area contributed by atoms with Gasteiger partial charge in [-0.05, 0) is 49.9 Å². The number of carbonyl (C=O) groups is 1. The van der Waals surface area contributed by atoms with Crippen LogP contribution < -0.4 is 16.2 Å². The first-order valence-electron chi connectivity index (χ1n) is 11.1. The number of aromatic nitrogens is 3. The van der Waals surface area contributed by atoms with Crippen molar-refractivity contribution in [2.75, 3.05) is 7.05 Å². The third-order valence-electron chi connectivity index (χ3n) is 5.47. The summed E-state index contributed by atoms with van der Waals surface area (Å²) in [5.74, 6) is 0.292. The second-order valence-corrected chi connectivity index (χ2v) is 8.18. The third-order valence-corrected chi connectivity index (χ3v) is 5.47. The van der Waals surface area contributed by atoms with Crippen molar-refractivity contribution in [3.8, 4) is 5.69 Å². The van der Waals surface area contributed by atoms with Gasteiger partial charge in [0.2, 0.25) is 0 Å². The Morgan fingerprint density at radius 1 is 1.26 bits per heavy atom. The fourth-order valence-corrected chi connectivity index (χ4v) is 4.06. The van der Waals surface area contributed by atoms with Crippen LogP contribution in [0.1, 0.15) is 61.8 Å². The summed E-state index contributed by atoms with van der Waals surface area (Å²) in [5.41, 5.74) is 4.91. The number of amides is 1. The van der Waals surface area contributed by atoms with Gasteiger partial charge in [-0.2, -0.15) is 5.10 Å². The van der Waals surface area contributed by atoms with Crippen molar-refractivity contribution >= 4 is 11.6 Å². The number of benzene rings is 1. The van der Waals surface area contributed by atoms with Crippen molar-refractivity contribution in [2.24, 2.45) is 5.92 Å². The summed E-state index contributed by atoms with van der Waals surface area (Å²) in [4.78, 5) is 25.5. The van der Waals surface area contributed by atoms with Gasteiger partial charge >= 0.3 is 0 Å². The molecule has 2 N–H and O–H groups in total. The number of rotatable bonds is 4. The lowest BCUT2D eigenvalue weighted by Crippen LogP contribution is -2.40. The standard InChI is InChI=1S/C22H27N5O2.C2H6/c1-13(2)9-16-11-25-27-19-12-24-14(3)10-18(19)22(29)26(21(16)27)17-7-5-15(6-8-17)20(28)23-4;1-2/h5-8,11,13-14,24H,9-10,12H2,1-4H3,(H,23,28);1-2H3. The highest BCUT2D eigenvalue weighted by molar-refractivity contribution is 5.94. The summed E-state index contributed by atoms with van der Waals surface area (Å²) in [6.45, 7) is 11.0. The Labute approximate surface area is 183 Å². The molecule has 7 heteroatoms. The second-order valence-electron chi connectivity index (χ2n) is 8.18. The lowest BCUT2D eigenvalue weighted by molar-refractivity contribution is 0.0963. The molecule has 0 saturated carbocycles. The van der Waals surface area contributed by atoms with Gasteiger partial charge in [-0.15, -0.1) is 0 Å². The molecule has 0 fully saturated rings. The fourth-order valence-electron chi connectivity index (χ4n) is 4.06. The van der Waals surface area contributed by atoms with Gasteiger partial charge < -0.3 is 10.6 Å². The van der Waals surface area contributed by atoms with Crippen LogP contribution in [0.3, 0.4) is 0 Å². The number of carbonyl (C=O) groups excluding carboxylic acids is 1. The van der Waals surface area contributed by atoms with Crippen LogP contribution in [-0.4, -0.2) is 33.2 Å². The maximum absolute atomic E-state index is 13.6. The molecule has 0 bridgehead atoms. The van der Waals surface area contributed by atoms with Crippen LogP contribution in [0.25, 0.3) is 11.3 Å². The van der Waals surface area contributed by atoms with Crippen LogP contribution >= 0.6 is 0 Å². The predicted molar refractivity (Wildman–Crippen MR) is 124 cm³/mol. The summed E-state index contributed by atoms with van der Waals surface area (Å²) < 4.78 is 3.68. The van der Waals surface area contributed by atoms with Gasteiger partial charge in [-0.3, -0.25) is 14.2 Å². The van der Waals surface area contributed by atoms with Crippen molar-refractivity contribution in [1.29, 1.82) is 0 Å². The summed E-state index contributed by atoms with van der Waals surface area (Å²) in [7, 11) is 1.60. The fraction of sp³-hybridized carbons (Fsp3) is 0.458. The largest absolute Gasteiger partial charge is 0.355 e. The van der Waals surface area contributed by atoms with Crippen molar-refractivity contribution < 1.29 is 4.79 Å². The predicted octanol–water partition coefficient (Wildman–Crippen LogP) is 3.10. The summed E-state index contributed by atoms with van der Waals surface area (Å²) >= 11 is 0. The molecule has 0 radical (unpaired) electrons. The first-order valence-corrected chi connectivity index (χ1v) is 11.1. The lowest BCUT2D eigenvalue weighted by atomic mass is 10.0. The zero-order valence-electron chi connectivity index (χ0n) is 19.3. The molecule has 0 saturated heterocycles. The minimum absolute atomic E-state index is 0.000880. The number of hydrogen-bond donors (Lipinski definition) is 2. The summed E-state index contributed by atoms with van der Waals surface area (Å²) in [6.07, 6.45) is 3.38. The zero-order valence-corrected chi connectivity index (χ0v) is 19.3.